The molecule has 0 aliphatic rings. The molecular weight excluding hydrogens is 867 g/mol. The van der Waals surface area contributed by atoms with E-state index in [0.29, 0.717) is 17.5 Å². The Morgan fingerprint density at radius 1 is 0.310 bits per heavy atom. The second-order valence-corrected chi connectivity index (χ2v) is 17.6. The highest BCUT2D eigenvalue weighted by Crippen LogP contribution is 2.43. The lowest BCUT2D eigenvalue weighted by Crippen LogP contribution is -2.01. The molecule has 0 saturated carbocycles. The number of hydrogen-bond donors (Lipinski definition) is 0. The molecule has 4 aromatic heterocycles. The number of aromatic nitrogens is 5. The summed E-state index contributed by atoms with van der Waals surface area (Å²) in [7, 11) is 0. The minimum atomic E-state index is 0.603. The molecule has 14 aromatic rings. The van der Waals surface area contributed by atoms with Crippen molar-refractivity contribution in [2.75, 3.05) is 0 Å². The predicted octanol–water partition coefficient (Wildman–Crippen LogP) is 17.3. The summed E-state index contributed by atoms with van der Waals surface area (Å²) < 4.78 is 11.4. The second-order valence-electron chi connectivity index (χ2n) is 17.6. The molecule has 0 atom stereocenters. The third-order valence-electron chi connectivity index (χ3n) is 13.6. The van der Waals surface area contributed by atoms with Crippen LogP contribution in [0.4, 0.5) is 0 Å². The molecule has 14 rings (SSSR count). The van der Waals surface area contributed by atoms with E-state index >= 15 is 0 Å². The van der Waals surface area contributed by atoms with Crippen LogP contribution in [0.1, 0.15) is 13.8 Å². The van der Waals surface area contributed by atoms with Crippen molar-refractivity contribution >= 4 is 65.6 Å². The molecule has 0 radical (unpaired) electrons. The van der Waals surface area contributed by atoms with Crippen LogP contribution in [0, 0.1) is 0 Å². The first-order chi connectivity index (χ1) is 35.2. The van der Waals surface area contributed by atoms with Crippen LogP contribution in [0.3, 0.4) is 0 Å². The maximum atomic E-state index is 6.56. The molecule has 4 heterocycles. The minimum Gasteiger partial charge on any atom is -0.455 e. The van der Waals surface area contributed by atoms with E-state index < -0.39 is 0 Å². The first-order valence-electron chi connectivity index (χ1n) is 24.3. The average molecular weight is 912 g/mol. The molecular formula is C65H45N5O. The Labute approximate surface area is 410 Å². The van der Waals surface area contributed by atoms with Crippen molar-refractivity contribution in [1.29, 1.82) is 0 Å². The third kappa shape index (κ3) is 6.99. The zero-order chi connectivity index (χ0) is 47.4. The Balaban J connectivity index is 0.00000243. The van der Waals surface area contributed by atoms with Crippen LogP contribution < -0.4 is 0 Å². The molecule has 0 amide bonds. The minimum absolute atomic E-state index is 0.603. The zero-order valence-electron chi connectivity index (χ0n) is 39.2. The first kappa shape index (κ1) is 41.8. The maximum absolute atomic E-state index is 6.56. The van der Waals surface area contributed by atoms with E-state index in [0.717, 1.165) is 94.1 Å². The summed E-state index contributed by atoms with van der Waals surface area (Å²) in [6.07, 6.45) is 0. The van der Waals surface area contributed by atoms with E-state index in [4.69, 9.17) is 19.4 Å². The number of benzene rings is 10. The van der Waals surface area contributed by atoms with Crippen molar-refractivity contribution in [3.63, 3.8) is 0 Å². The summed E-state index contributed by atoms with van der Waals surface area (Å²) in [6, 6.07) is 83.5. The van der Waals surface area contributed by atoms with Crippen LogP contribution in [0.25, 0.3) is 133 Å². The highest BCUT2D eigenvalue weighted by atomic mass is 16.3. The summed E-state index contributed by atoms with van der Waals surface area (Å²) in [6.45, 7) is 4.00. The smallest absolute Gasteiger partial charge is 0.164 e. The molecule has 0 spiro atoms. The largest absolute Gasteiger partial charge is 0.455 e. The summed E-state index contributed by atoms with van der Waals surface area (Å²) in [5.74, 6) is 1.85. The van der Waals surface area contributed by atoms with Gasteiger partial charge in [-0.3, -0.25) is 0 Å². The quantitative estimate of drug-likeness (QED) is 0.160. The first-order valence-corrected chi connectivity index (χ1v) is 24.3. The lowest BCUT2D eigenvalue weighted by Gasteiger charge is -2.14. The van der Waals surface area contributed by atoms with Gasteiger partial charge in [-0.15, -0.1) is 0 Å². The summed E-state index contributed by atoms with van der Waals surface area (Å²) in [4.78, 5) is 15.3. The standard InChI is InChI=1S/C63H39N5O.C2H6/c1-3-17-40(18-4-1)61-64-62(41-19-5-2-6-20-41)66-63(65-61)44-23-14-24-45(38-44)68-57-36-35-46(67-55-32-10-7-25-49(55)50-26-8-11-33-56(50)67)39-54(57)52-30-15-28-47(59(52)68)42-21-13-22-43(37-42)48-29-16-31-53-51-27-9-12-34-58(51)69-60(48)53;1-2/h1-39H;1-2H3. The fourth-order valence-corrected chi connectivity index (χ4v) is 10.4. The Kier molecular flexibility index (Phi) is 10.2. The van der Waals surface area contributed by atoms with Gasteiger partial charge in [-0.1, -0.05) is 196 Å². The molecule has 0 aliphatic heterocycles. The molecule has 6 heteroatoms. The van der Waals surface area contributed by atoms with Crippen LogP contribution in [0.15, 0.2) is 241 Å². The normalized spacial score (nSPS) is 11.5. The molecule has 10 aromatic carbocycles. The SMILES string of the molecule is CC.c1ccc(-c2nc(-c3ccccc3)nc(-c3cccc(-n4c5ccc(-n6c7ccccc7c7ccccc76)cc5c5cccc(-c6cccc(-c7cccc8c7oc7ccccc78)c6)c54)c3)n2)cc1. The number of furan rings is 1. The fraction of sp³-hybridized carbons (Fsp3) is 0.0308. The number of rotatable bonds is 7. The average Bonchev–Trinajstić information content (AvgIpc) is 4.12. The molecule has 71 heavy (non-hydrogen) atoms. The molecule has 0 unspecified atom stereocenters. The lowest BCUT2D eigenvalue weighted by molar-refractivity contribution is 0.670. The van der Waals surface area contributed by atoms with Gasteiger partial charge < -0.3 is 13.6 Å². The summed E-state index contributed by atoms with van der Waals surface area (Å²) in [5, 5.41) is 7.00. The molecule has 6 nitrogen and oxygen atoms in total. The van der Waals surface area contributed by atoms with Crippen LogP contribution in [0.5, 0.6) is 0 Å². The van der Waals surface area contributed by atoms with Crippen molar-refractivity contribution in [3.8, 4) is 67.8 Å². The van der Waals surface area contributed by atoms with E-state index in [1.54, 1.807) is 0 Å². The molecule has 0 aliphatic carbocycles. The molecule has 0 bridgehead atoms. The van der Waals surface area contributed by atoms with Gasteiger partial charge in [0.25, 0.3) is 0 Å². The van der Waals surface area contributed by atoms with Gasteiger partial charge in [0.15, 0.2) is 17.5 Å². The van der Waals surface area contributed by atoms with Crippen molar-refractivity contribution in [2.24, 2.45) is 0 Å². The Morgan fingerprint density at radius 3 is 1.48 bits per heavy atom. The Bertz CT molecular complexity index is 4200. The second kappa shape index (κ2) is 17.3. The van der Waals surface area contributed by atoms with E-state index in [-0.39, 0.29) is 0 Å². The number of hydrogen-bond acceptors (Lipinski definition) is 4. The fourth-order valence-electron chi connectivity index (χ4n) is 10.4. The van der Waals surface area contributed by atoms with Gasteiger partial charge in [-0.05, 0) is 65.7 Å². The van der Waals surface area contributed by atoms with Gasteiger partial charge in [0, 0.05) is 71.5 Å². The zero-order valence-corrected chi connectivity index (χ0v) is 39.2. The summed E-state index contributed by atoms with van der Waals surface area (Å²) in [5.41, 5.74) is 15.5. The number of fused-ring (bicyclic) bond motifs is 9. The Morgan fingerprint density at radius 2 is 0.789 bits per heavy atom. The number of para-hydroxylation sites is 5. The van der Waals surface area contributed by atoms with E-state index in [1.807, 2.05) is 86.6 Å². The van der Waals surface area contributed by atoms with Gasteiger partial charge in [0.1, 0.15) is 11.2 Å². The lowest BCUT2D eigenvalue weighted by atomic mass is 9.96. The molecule has 0 N–H and O–H groups in total. The molecule has 0 saturated heterocycles. The Hall–Kier alpha value is -9.39. The molecule has 0 fully saturated rings. The van der Waals surface area contributed by atoms with Gasteiger partial charge in [-0.25, -0.2) is 15.0 Å². The van der Waals surface area contributed by atoms with Crippen molar-refractivity contribution < 1.29 is 4.42 Å². The third-order valence-corrected chi connectivity index (χ3v) is 13.6. The van der Waals surface area contributed by atoms with E-state index in [2.05, 4.69) is 173 Å². The van der Waals surface area contributed by atoms with Gasteiger partial charge in [0.05, 0.1) is 22.1 Å². The maximum Gasteiger partial charge on any atom is 0.164 e. The van der Waals surface area contributed by atoms with E-state index in [9.17, 15) is 0 Å². The van der Waals surface area contributed by atoms with Gasteiger partial charge in [-0.2, -0.15) is 0 Å². The summed E-state index contributed by atoms with van der Waals surface area (Å²) >= 11 is 0. The van der Waals surface area contributed by atoms with E-state index in [1.165, 1.54) is 21.8 Å². The van der Waals surface area contributed by atoms with Gasteiger partial charge in [0.2, 0.25) is 0 Å². The topological polar surface area (TPSA) is 61.7 Å². The van der Waals surface area contributed by atoms with Crippen LogP contribution >= 0.6 is 0 Å². The van der Waals surface area contributed by atoms with Crippen LogP contribution in [-0.2, 0) is 0 Å². The van der Waals surface area contributed by atoms with Crippen molar-refractivity contribution in [2.45, 2.75) is 13.8 Å². The van der Waals surface area contributed by atoms with Crippen LogP contribution in [-0.4, -0.2) is 24.1 Å². The van der Waals surface area contributed by atoms with Crippen molar-refractivity contribution in [3.05, 3.63) is 237 Å². The van der Waals surface area contributed by atoms with Gasteiger partial charge >= 0.3 is 0 Å². The predicted molar refractivity (Wildman–Crippen MR) is 294 cm³/mol. The monoisotopic (exact) mass is 911 g/mol. The number of nitrogens with zero attached hydrogens (tertiary/aromatic N) is 5. The van der Waals surface area contributed by atoms with Crippen molar-refractivity contribution in [1.82, 2.24) is 24.1 Å². The highest BCUT2D eigenvalue weighted by Gasteiger charge is 2.21. The molecule has 336 valence electrons. The highest BCUT2D eigenvalue weighted by molar-refractivity contribution is 6.16. The van der Waals surface area contributed by atoms with Crippen LogP contribution in [0.2, 0.25) is 0 Å².